The van der Waals surface area contributed by atoms with Crippen molar-refractivity contribution in [3.8, 4) is 0 Å². The minimum Gasteiger partial charge on any atom is -0.379 e. The number of sulfonamides is 1. The normalized spacial score (nSPS) is 15.4. The van der Waals surface area contributed by atoms with Gasteiger partial charge in [-0.05, 0) is 24.3 Å². The van der Waals surface area contributed by atoms with E-state index in [1.54, 1.807) is 0 Å². The topological polar surface area (TPSA) is 88.6 Å². The van der Waals surface area contributed by atoms with Crippen LogP contribution in [0.5, 0.6) is 0 Å². The first-order valence-corrected chi connectivity index (χ1v) is 11.4. The molecule has 2 heterocycles. The number of nitrogens with one attached hydrogen (secondary N) is 1. The second-order valence-corrected chi connectivity index (χ2v) is 9.81. The quantitative estimate of drug-likeness (QED) is 0.563. The molecule has 1 N–H and O–H groups in total. The van der Waals surface area contributed by atoms with Crippen LogP contribution in [0, 0.1) is 17.5 Å². The predicted molar refractivity (Wildman–Crippen MR) is 108 cm³/mol. The first-order chi connectivity index (χ1) is 14.7. The van der Waals surface area contributed by atoms with E-state index in [2.05, 4.69) is 10.3 Å². The minimum atomic E-state index is -3.96. The fourth-order valence-corrected chi connectivity index (χ4v) is 5.76. The van der Waals surface area contributed by atoms with Crippen molar-refractivity contribution >= 4 is 54.2 Å². The second kappa shape index (κ2) is 8.36. The first kappa shape index (κ1) is 22.0. The summed E-state index contributed by atoms with van der Waals surface area (Å²) in [6.45, 7) is 0.789. The molecule has 4 rings (SSSR count). The number of hydrogen-bond donors (Lipinski definition) is 1. The molecular weight excluding hydrogens is 479 g/mol. The Kier molecular flexibility index (Phi) is 5.92. The Morgan fingerprint density at radius 3 is 2.58 bits per heavy atom. The van der Waals surface area contributed by atoms with Crippen molar-refractivity contribution in [3.63, 3.8) is 0 Å². The third-order valence-corrected chi connectivity index (χ3v) is 7.82. The van der Waals surface area contributed by atoms with E-state index in [-0.39, 0.29) is 51.6 Å². The molecule has 31 heavy (non-hydrogen) atoms. The average molecular weight is 492 g/mol. The Labute approximate surface area is 183 Å². The second-order valence-electron chi connectivity index (χ2n) is 6.47. The lowest BCUT2D eigenvalue weighted by Gasteiger charge is -2.26. The van der Waals surface area contributed by atoms with Crippen LogP contribution >= 0.6 is 22.9 Å². The molecule has 1 fully saturated rings. The molecule has 0 radical (unpaired) electrons. The van der Waals surface area contributed by atoms with Gasteiger partial charge < -0.3 is 4.74 Å². The number of thiazole rings is 1. The zero-order valence-corrected chi connectivity index (χ0v) is 17.9. The summed E-state index contributed by atoms with van der Waals surface area (Å²) in [5.74, 6) is -5.25. The summed E-state index contributed by atoms with van der Waals surface area (Å²) in [7, 11) is -3.96. The zero-order valence-electron chi connectivity index (χ0n) is 15.5. The maximum absolute atomic E-state index is 13.9. The van der Waals surface area contributed by atoms with Gasteiger partial charge in [-0.25, -0.2) is 26.6 Å². The highest BCUT2D eigenvalue weighted by Crippen LogP contribution is 2.31. The van der Waals surface area contributed by atoms with Crippen LogP contribution in [0.1, 0.15) is 10.4 Å². The molecule has 1 aliphatic rings. The summed E-state index contributed by atoms with van der Waals surface area (Å²) in [5, 5.41) is 2.20. The molecule has 1 amide bonds. The first-order valence-electron chi connectivity index (χ1n) is 8.81. The van der Waals surface area contributed by atoms with Gasteiger partial charge in [-0.2, -0.15) is 4.31 Å². The van der Waals surface area contributed by atoms with Gasteiger partial charge in [0.1, 0.15) is 10.4 Å². The maximum atomic E-state index is 13.9. The summed E-state index contributed by atoms with van der Waals surface area (Å²) < 4.78 is 72.8. The van der Waals surface area contributed by atoms with Crippen molar-refractivity contribution in [2.75, 3.05) is 31.6 Å². The molecule has 2 aromatic carbocycles. The highest BCUT2D eigenvalue weighted by Gasteiger charge is 2.29. The maximum Gasteiger partial charge on any atom is 0.257 e. The highest BCUT2D eigenvalue weighted by atomic mass is 35.5. The van der Waals surface area contributed by atoms with E-state index in [1.165, 1.54) is 16.4 Å². The van der Waals surface area contributed by atoms with Gasteiger partial charge in [0.25, 0.3) is 5.91 Å². The molecule has 164 valence electrons. The fourth-order valence-electron chi connectivity index (χ4n) is 2.97. The van der Waals surface area contributed by atoms with E-state index in [9.17, 15) is 26.4 Å². The van der Waals surface area contributed by atoms with Gasteiger partial charge in [0.05, 0.1) is 22.9 Å². The van der Waals surface area contributed by atoms with Gasteiger partial charge in [-0.1, -0.05) is 22.9 Å². The number of nitrogens with zero attached hydrogens (tertiary/aromatic N) is 2. The molecular formula is C18H13ClF3N3O4S2. The lowest BCUT2D eigenvalue weighted by atomic mass is 10.2. The summed E-state index contributed by atoms with van der Waals surface area (Å²) >= 11 is 6.81. The number of aromatic nitrogens is 1. The smallest absolute Gasteiger partial charge is 0.257 e. The van der Waals surface area contributed by atoms with Gasteiger partial charge >= 0.3 is 0 Å². The standard InChI is InChI=1S/C18H13ClF3N3O4S2/c19-10-2-1-9(7-13(10)31(27,28)25-3-5-29-6-4-25)17(26)24-18-23-16-12(30-18)8-11(20)14(21)15(16)22/h1-2,7-8H,3-6H2,(H,23,24,26). The third-order valence-electron chi connectivity index (χ3n) is 4.52. The van der Waals surface area contributed by atoms with Crippen molar-refractivity contribution in [2.24, 2.45) is 0 Å². The van der Waals surface area contributed by atoms with Crippen LogP contribution in [0.15, 0.2) is 29.2 Å². The van der Waals surface area contributed by atoms with Crippen LogP contribution in [0.3, 0.4) is 0 Å². The van der Waals surface area contributed by atoms with Crippen molar-refractivity contribution in [1.29, 1.82) is 0 Å². The predicted octanol–water partition coefficient (Wildman–Crippen LogP) is 3.64. The van der Waals surface area contributed by atoms with Gasteiger partial charge in [0.2, 0.25) is 10.0 Å². The van der Waals surface area contributed by atoms with Gasteiger partial charge in [0, 0.05) is 18.7 Å². The van der Waals surface area contributed by atoms with Crippen LogP contribution in [0.2, 0.25) is 5.02 Å². The van der Waals surface area contributed by atoms with Gasteiger partial charge in [0.15, 0.2) is 22.6 Å². The van der Waals surface area contributed by atoms with Gasteiger partial charge in [-0.15, -0.1) is 0 Å². The fraction of sp³-hybridized carbons (Fsp3) is 0.222. The SMILES string of the molecule is O=C(Nc1nc2c(F)c(F)c(F)cc2s1)c1ccc(Cl)c(S(=O)(=O)N2CCOCC2)c1. The van der Waals surface area contributed by atoms with Crippen LogP contribution in [0.25, 0.3) is 10.2 Å². The lowest BCUT2D eigenvalue weighted by molar-refractivity contribution is 0.0730. The number of ether oxygens (including phenoxy) is 1. The Hall–Kier alpha value is -2.25. The molecule has 7 nitrogen and oxygen atoms in total. The molecule has 0 bridgehead atoms. The van der Waals surface area contributed by atoms with E-state index < -0.39 is 38.9 Å². The molecule has 13 heteroatoms. The lowest BCUT2D eigenvalue weighted by Crippen LogP contribution is -2.40. The van der Waals surface area contributed by atoms with Crippen molar-refractivity contribution in [3.05, 3.63) is 52.3 Å². The van der Waals surface area contributed by atoms with Crippen molar-refractivity contribution in [2.45, 2.75) is 4.90 Å². The Morgan fingerprint density at radius 2 is 1.87 bits per heavy atom. The molecule has 1 saturated heterocycles. The number of rotatable bonds is 4. The van der Waals surface area contributed by atoms with E-state index in [0.29, 0.717) is 0 Å². The van der Waals surface area contributed by atoms with Crippen LogP contribution < -0.4 is 5.32 Å². The molecule has 0 unspecified atom stereocenters. The summed E-state index contributed by atoms with van der Waals surface area (Å²) in [4.78, 5) is 16.2. The number of amides is 1. The molecule has 3 aromatic rings. The highest BCUT2D eigenvalue weighted by molar-refractivity contribution is 7.89. The summed E-state index contributed by atoms with van der Waals surface area (Å²) in [5.41, 5.74) is -0.473. The molecule has 0 aliphatic carbocycles. The number of morpholine rings is 1. The van der Waals surface area contributed by atoms with Crippen LogP contribution in [-0.4, -0.2) is 49.9 Å². The Morgan fingerprint density at radius 1 is 1.16 bits per heavy atom. The van der Waals surface area contributed by atoms with E-state index in [0.717, 1.165) is 23.5 Å². The Balaban J connectivity index is 1.63. The van der Waals surface area contributed by atoms with Crippen LogP contribution in [0.4, 0.5) is 18.3 Å². The molecule has 0 atom stereocenters. The van der Waals surface area contributed by atoms with Gasteiger partial charge in [-0.3, -0.25) is 10.1 Å². The number of fused-ring (bicyclic) bond motifs is 1. The summed E-state index contributed by atoms with van der Waals surface area (Å²) in [6.07, 6.45) is 0. The number of carbonyl (C=O) groups excluding carboxylic acids is 1. The molecule has 1 aromatic heterocycles. The largest absolute Gasteiger partial charge is 0.379 e. The van der Waals surface area contributed by atoms with Crippen LogP contribution in [-0.2, 0) is 14.8 Å². The number of carbonyl (C=O) groups is 1. The average Bonchev–Trinajstić information content (AvgIpc) is 3.15. The minimum absolute atomic E-state index is 0.00149. The van der Waals surface area contributed by atoms with E-state index in [4.69, 9.17) is 16.3 Å². The molecule has 0 spiro atoms. The Bertz CT molecular complexity index is 1290. The zero-order chi connectivity index (χ0) is 22.3. The number of hydrogen-bond acceptors (Lipinski definition) is 6. The summed E-state index contributed by atoms with van der Waals surface area (Å²) in [6, 6.07) is 4.47. The monoisotopic (exact) mass is 491 g/mol. The number of halogens is 4. The molecule has 1 aliphatic heterocycles. The number of benzene rings is 2. The van der Waals surface area contributed by atoms with Crippen molar-refractivity contribution in [1.82, 2.24) is 9.29 Å². The third kappa shape index (κ3) is 4.13. The van der Waals surface area contributed by atoms with E-state index in [1.807, 2.05) is 0 Å². The van der Waals surface area contributed by atoms with E-state index >= 15 is 0 Å². The number of anilines is 1. The molecule has 0 saturated carbocycles. The van der Waals surface area contributed by atoms with Crippen molar-refractivity contribution < 1.29 is 31.1 Å².